The molecule has 0 bridgehead atoms. The predicted molar refractivity (Wildman–Crippen MR) is 51.5 cm³/mol. The van der Waals surface area contributed by atoms with Crippen molar-refractivity contribution in [1.82, 2.24) is 0 Å². The lowest BCUT2D eigenvalue weighted by molar-refractivity contribution is 0.154. The zero-order valence-electron chi connectivity index (χ0n) is 8.48. The van der Waals surface area contributed by atoms with Gasteiger partial charge in [-0.25, -0.2) is 0 Å². The third-order valence-corrected chi connectivity index (χ3v) is 3.04. The summed E-state index contributed by atoms with van der Waals surface area (Å²) in [6, 6.07) is 0. The summed E-state index contributed by atoms with van der Waals surface area (Å²) < 4.78 is 0. The monoisotopic (exact) mass is 157 g/mol. The fraction of sp³-hybridized carbons (Fsp3) is 1.00. The average Bonchev–Trinajstić information content (AvgIpc) is 2.00. The number of hydrogen-bond donors (Lipinski definition) is 1. The van der Waals surface area contributed by atoms with Crippen LogP contribution in [-0.2, 0) is 0 Å². The highest BCUT2D eigenvalue weighted by atomic mass is 14.4. The van der Waals surface area contributed by atoms with Crippen LogP contribution in [-0.4, -0.2) is 7.05 Å². The Balaban J connectivity index is 0.000000461. The Labute approximate surface area is 71.4 Å². The van der Waals surface area contributed by atoms with Crippen LogP contribution in [0.5, 0.6) is 0 Å². The first-order chi connectivity index (χ1) is 5.13. The van der Waals surface area contributed by atoms with E-state index in [1.807, 2.05) is 0 Å². The van der Waals surface area contributed by atoms with Crippen LogP contribution in [0.25, 0.3) is 0 Å². The molecular weight excluding hydrogens is 134 g/mol. The summed E-state index contributed by atoms with van der Waals surface area (Å²) in [6.07, 6.45) is 5.81. The molecule has 2 N–H and O–H groups in total. The van der Waals surface area contributed by atoms with Gasteiger partial charge in [-0.15, -0.1) is 0 Å². The van der Waals surface area contributed by atoms with Gasteiger partial charge in [-0.05, 0) is 24.8 Å². The van der Waals surface area contributed by atoms with Crippen LogP contribution in [0.2, 0.25) is 0 Å². The maximum Gasteiger partial charge on any atom is -0.0195 e. The lowest BCUT2D eigenvalue weighted by Gasteiger charge is -2.36. The van der Waals surface area contributed by atoms with Crippen molar-refractivity contribution in [3.8, 4) is 0 Å². The molecule has 1 aliphatic rings. The van der Waals surface area contributed by atoms with Crippen molar-refractivity contribution >= 4 is 0 Å². The molecule has 1 fully saturated rings. The number of nitrogens with two attached hydrogens (primary N) is 1. The molecule has 0 aliphatic heterocycles. The Hall–Kier alpha value is -0.0400. The average molecular weight is 157 g/mol. The van der Waals surface area contributed by atoms with Crippen LogP contribution in [0.4, 0.5) is 0 Å². The third kappa shape index (κ3) is 3.24. The van der Waals surface area contributed by atoms with Crippen molar-refractivity contribution in [2.45, 2.75) is 46.5 Å². The van der Waals surface area contributed by atoms with E-state index >= 15 is 0 Å². The third-order valence-electron chi connectivity index (χ3n) is 3.04. The molecule has 1 heteroatoms. The van der Waals surface area contributed by atoms with E-state index in [1.165, 1.54) is 32.7 Å². The topological polar surface area (TPSA) is 26.0 Å². The zero-order chi connectivity index (χ0) is 8.91. The minimum Gasteiger partial charge on any atom is -0.333 e. The van der Waals surface area contributed by atoms with Crippen LogP contribution in [0.3, 0.4) is 0 Å². The lowest BCUT2D eigenvalue weighted by atomic mass is 9.70. The molecule has 1 saturated carbocycles. The smallest absolute Gasteiger partial charge is 0.0195 e. The van der Waals surface area contributed by atoms with Crippen molar-refractivity contribution in [3.63, 3.8) is 0 Å². The summed E-state index contributed by atoms with van der Waals surface area (Å²) in [7, 11) is 1.50. The van der Waals surface area contributed by atoms with Gasteiger partial charge >= 0.3 is 0 Å². The highest BCUT2D eigenvalue weighted by Crippen LogP contribution is 2.39. The Bertz CT molecular complexity index is 97.0. The maximum absolute atomic E-state index is 4.50. The fourth-order valence-corrected chi connectivity index (χ4v) is 1.67. The van der Waals surface area contributed by atoms with E-state index in [9.17, 15) is 0 Å². The van der Waals surface area contributed by atoms with Gasteiger partial charge in [-0.3, -0.25) is 0 Å². The molecule has 0 aromatic carbocycles. The fourth-order valence-electron chi connectivity index (χ4n) is 1.67. The molecule has 11 heavy (non-hydrogen) atoms. The van der Waals surface area contributed by atoms with Crippen molar-refractivity contribution in [3.05, 3.63) is 0 Å². The maximum atomic E-state index is 4.50. The van der Waals surface area contributed by atoms with Crippen molar-refractivity contribution < 1.29 is 0 Å². The molecule has 1 unspecified atom stereocenters. The summed E-state index contributed by atoms with van der Waals surface area (Å²) in [5.41, 5.74) is 5.14. The van der Waals surface area contributed by atoms with Gasteiger partial charge in [-0.1, -0.05) is 40.0 Å². The highest BCUT2D eigenvalue weighted by molar-refractivity contribution is 4.79. The van der Waals surface area contributed by atoms with E-state index in [1.54, 1.807) is 0 Å². The highest BCUT2D eigenvalue weighted by Gasteiger charge is 2.27. The first-order valence-corrected chi connectivity index (χ1v) is 4.71. The van der Waals surface area contributed by atoms with E-state index in [-0.39, 0.29) is 0 Å². The van der Waals surface area contributed by atoms with Gasteiger partial charge in [0.2, 0.25) is 0 Å². The van der Waals surface area contributed by atoms with Gasteiger partial charge < -0.3 is 5.73 Å². The Morgan fingerprint density at radius 2 is 1.73 bits per heavy atom. The Kier molecular flexibility index (Phi) is 4.74. The van der Waals surface area contributed by atoms with E-state index in [4.69, 9.17) is 0 Å². The van der Waals surface area contributed by atoms with Crippen molar-refractivity contribution in [1.29, 1.82) is 0 Å². The Morgan fingerprint density at radius 3 is 2.00 bits per heavy atom. The largest absolute Gasteiger partial charge is 0.333 e. The second kappa shape index (κ2) is 4.76. The van der Waals surface area contributed by atoms with Gasteiger partial charge in [0.25, 0.3) is 0 Å². The zero-order valence-corrected chi connectivity index (χ0v) is 8.48. The van der Waals surface area contributed by atoms with E-state index in [0.717, 1.165) is 5.92 Å². The lowest BCUT2D eigenvalue weighted by Crippen LogP contribution is -2.24. The molecule has 1 aliphatic carbocycles. The van der Waals surface area contributed by atoms with Gasteiger partial charge in [0.1, 0.15) is 0 Å². The van der Waals surface area contributed by atoms with E-state index in [2.05, 4.69) is 26.5 Å². The van der Waals surface area contributed by atoms with Crippen molar-refractivity contribution in [2.24, 2.45) is 17.1 Å². The van der Waals surface area contributed by atoms with Crippen LogP contribution in [0.1, 0.15) is 46.5 Å². The van der Waals surface area contributed by atoms with Gasteiger partial charge in [0.15, 0.2) is 0 Å². The summed E-state index contributed by atoms with van der Waals surface area (Å²) in [4.78, 5) is 0. The Morgan fingerprint density at radius 1 is 1.18 bits per heavy atom. The second-order valence-corrected chi connectivity index (χ2v) is 4.14. The minimum atomic E-state index is 0.637. The van der Waals surface area contributed by atoms with Gasteiger partial charge in [0, 0.05) is 0 Å². The summed E-state index contributed by atoms with van der Waals surface area (Å²) in [5.74, 6) is 0.950. The summed E-state index contributed by atoms with van der Waals surface area (Å²) in [5, 5.41) is 0. The van der Waals surface area contributed by atoms with Crippen LogP contribution < -0.4 is 5.73 Å². The molecule has 0 amide bonds. The molecule has 0 heterocycles. The number of rotatable bonds is 0. The van der Waals surface area contributed by atoms with Crippen LogP contribution in [0, 0.1) is 11.3 Å². The molecule has 1 rings (SSSR count). The normalized spacial score (nSPS) is 28.6. The van der Waals surface area contributed by atoms with Gasteiger partial charge in [0.05, 0.1) is 0 Å². The minimum absolute atomic E-state index is 0.637. The predicted octanol–water partition coefficient (Wildman–Crippen LogP) is 2.80. The second-order valence-electron chi connectivity index (χ2n) is 4.14. The first kappa shape index (κ1) is 11.0. The molecule has 0 saturated heterocycles. The SMILES string of the molecule is CC1CCCCC1(C)C.CN. The van der Waals surface area contributed by atoms with Crippen molar-refractivity contribution in [2.75, 3.05) is 7.05 Å². The molecular formula is C10H23N. The molecule has 1 nitrogen and oxygen atoms in total. The number of hydrogen-bond acceptors (Lipinski definition) is 1. The first-order valence-electron chi connectivity index (χ1n) is 4.71. The molecule has 68 valence electrons. The van der Waals surface area contributed by atoms with E-state index in [0.29, 0.717) is 5.41 Å². The standard InChI is InChI=1S/C9H18.CH5N/c1-8-6-4-5-7-9(8,2)3;1-2/h8H,4-7H2,1-3H3;2H2,1H3. The molecule has 1 atom stereocenters. The van der Waals surface area contributed by atoms with E-state index < -0.39 is 0 Å². The summed E-state index contributed by atoms with van der Waals surface area (Å²) >= 11 is 0. The molecule has 0 aromatic rings. The molecule has 0 radical (unpaired) electrons. The van der Waals surface area contributed by atoms with Crippen LogP contribution >= 0.6 is 0 Å². The van der Waals surface area contributed by atoms with Crippen LogP contribution in [0.15, 0.2) is 0 Å². The summed E-state index contributed by atoms with van der Waals surface area (Å²) in [6.45, 7) is 7.19. The molecule has 0 aromatic heterocycles. The molecule has 0 spiro atoms. The van der Waals surface area contributed by atoms with Gasteiger partial charge in [-0.2, -0.15) is 0 Å². The quantitative estimate of drug-likeness (QED) is 0.575.